The molecular weight excluding hydrogens is 202 g/mol. The first kappa shape index (κ1) is 13.6. The lowest BCUT2D eigenvalue weighted by Gasteiger charge is -2.19. The van der Waals surface area contributed by atoms with Gasteiger partial charge in [0.15, 0.2) is 0 Å². The summed E-state index contributed by atoms with van der Waals surface area (Å²) in [6, 6.07) is 0. The molecular formula is C8H17N3O4. The molecule has 3 N–H and O–H groups in total. The molecule has 0 saturated carbocycles. The Bertz CT molecular complexity index is 237. The second-order valence-electron chi connectivity index (χ2n) is 4.11. The van der Waals surface area contributed by atoms with Gasteiger partial charge in [0.05, 0.1) is 6.42 Å². The van der Waals surface area contributed by atoms with E-state index in [0.29, 0.717) is 6.54 Å². The molecule has 88 valence electrons. The van der Waals surface area contributed by atoms with Crippen molar-refractivity contribution in [2.45, 2.75) is 38.8 Å². The van der Waals surface area contributed by atoms with Crippen molar-refractivity contribution in [1.29, 1.82) is 0 Å². The van der Waals surface area contributed by atoms with Gasteiger partial charge in [-0.3, -0.25) is 4.79 Å². The van der Waals surface area contributed by atoms with Gasteiger partial charge in [0, 0.05) is 12.1 Å². The molecule has 0 aliphatic carbocycles. The molecule has 0 aliphatic heterocycles. The number of rotatable bonds is 6. The topological polar surface area (TPSA) is 107 Å². The van der Waals surface area contributed by atoms with Crippen LogP contribution in [0.2, 0.25) is 0 Å². The fraction of sp³-hybridized carbons (Fsp3) is 0.875. The summed E-state index contributed by atoms with van der Waals surface area (Å²) in [5.74, 6) is -0.317. The normalized spacial score (nSPS) is 13.1. The van der Waals surface area contributed by atoms with E-state index < -0.39 is 16.7 Å². The van der Waals surface area contributed by atoms with Gasteiger partial charge in [-0.15, -0.1) is 10.1 Å². The summed E-state index contributed by atoms with van der Waals surface area (Å²) in [7, 11) is 0. The van der Waals surface area contributed by atoms with E-state index in [9.17, 15) is 14.9 Å². The van der Waals surface area contributed by atoms with Crippen LogP contribution in [0.3, 0.4) is 0 Å². The zero-order valence-corrected chi connectivity index (χ0v) is 9.15. The molecule has 7 heteroatoms. The molecule has 0 saturated heterocycles. The fourth-order valence-electron chi connectivity index (χ4n) is 0.844. The summed E-state index contributed by atoms with van der Waals surface area (Å²) >= 11 is 0. The molecule has 15 heavy (non-hydrogen) atoms. The van der Waals surface area contributed by atoms with Crippen molar-refractivity contribution < 1.29 is 14.7 Å². The molecule has 1 amide bonds. The number of nitrogens with two attached hydrogens (primary N) is 1. The minimum absolute atomic E-state index is 0.0585. The Morgan fingerprint density at radius 3 is 2.60 bits per heavy atom. The summed E-state index contributed by atoms with van der Waals surface area (Å²) in [5, 5.41) is 11.6. The van der Waals surface area contributed by atoms with Gasteiger partial charge in [-0.1, -0.05) is 0 Å². The Morgan fingerprint density at radius 1 is 1.67 bits per heavy atom. The zero-order chi connectivity index (χ0) is 12.1. The lowest BCUT2D eigenvalue weighted by Crippen LogP contribution is -2.45. The lowest BCUT2D eigenvalue weighted by molar-refractivity contribution is -0.767. The van der Waals surface area contributed by atoms with Gasteiger partial charge >= 0.3 is 0 Å². The average Bonchev–Trinajstić information content (AvgIpc) is 1.97. The summed E-state index contributed by atoms with van der Waals surface area (Å²) in [4.78, 5) is 25.3. The first-order chi connectivity index (χ1) is 6.70. The van der Waals surface area contributed by atoms with Gasteiger partial charge in [0.25, 0.3) is 5.09 Å². The van der Waals surface area contributed by atoms with E-state index in [-0.39, 0.29) is 12.3 Å². The first-order valence-corrected chi connectivity index (χ1v) is 4.57. The monoisotopic (exact) mass is 219 g/mol. The number of carbonyl (C=O) groups excluding carboxylic acids is 1. The summed E-state index contributed by atoms with van der Waals surface area (Å²) in [6.45, 7) is 5.31. The van der Waals surface area contributed by atoms with Crippen LogP contribution in [-0.4, -0.2) is 29.2 Å². The van der Waals surface area contributed by atoms with E-state index >= 15 is 0 Å². The predicted molar refractivity (Wildman–Crippen MR) is 53.4 cm³/mol. The smallest absolute Gasteiger partial charge is 0.294 e. The highest BCUT2D eigenvalue weighted by Gasteiger charge is 2.15. The maximum atomic E-state index is 11.2. The van der Waals surface area contributed by atoms with Crippen LogP contribution in [0.1, 0.15) is 27.2 Å². The lowest BCUT2D eigenvalue weighted by atomic mass is 10.1. The molecule has 0 spiro atoms. The van der Waals surface area contributed by atoms with E-state index in [0.717, 1.165) is 0 Å². The number of nitrogens with zero attached hydrogens (tertiary/aromatic N) is 1. The van der Waals surface area contributed by atoms with Gasteiger partial charge in [-0.25, -0.2) is 0 Å². The molecule has 0 rings (SSSR count). The number of amides is 1. The van der Waals surface area contributed by atoms with Gasteiger partial charge in [0.1, 0.15) is 6.10 Å². The Balaban J connectivity index is 3.79. The van der Waals surface area contributed by atoms with Gasteiger partial charge < -0.3 is 15.9 Å². The van der Waals surface area contributed by atoms with Crippen LogP contribution in [0.15, 0.2) is 0 Å². The van der Waals surface area contributed by atoms with Crippen LogP contribution in [0.5, 0.6) is 0 Å². The van der Waals surface area contributed by atoms with Gasteiger partial charge in [-0.05, 0) is 20.8 Å². The SMILES string of the molecule is CC(CC(=O)NCC(C)(C)N)O[N+](=O)[O-]. The van der Waals surface area contributed by atoms with Crippen molar-refractivity contribution >= 4 is 5.91 Å². The third-order valence-electron chi connectivity index (χ3n) is 1.48. The summed E-state index contributed by atoms with van der Waals surface area (Å²) < 4.78 is 0. The van der Waals surface area contributed by atoms with Crippen molar-refractivity contribution in [2.24, 2.45) is 5.73 Å². The van der Waals surface area contributed by atoms with E-state index in [1.165, 1.54) is 6.92 Å². The Morgan fingerprint density at radius 2 is 2.20 bits per heavy atom. The van der Waals surface area contributed by atoms with E-state index in [1.54, 1.807) is 13.8 Å². The third-order valence-corrected chi connectivity index (χ3v) is 1.48. The third kappa shape index (κ3) is 8.95. The van der Waals surface area contributed by atoms with E-state index in [4.69, 9.17) is 5.73 Å². The molecule has 0 aromatic heterocycles. The highest BCUT2D eigenvalue weighted by molar-refractivity contribution is 5.76. The second-order valence-corrected chi connectivity index (χ2v) is 4.11. The molecule has 1 unspecified atom stereocenters. The van der Waals surface area contributed by atoms with Crippen LogP contribution in [0.25, 0.3) is 0 Å². The van der Waals surface area contributed by atoms with Crippen LogP contribution < -0.4 is 11.1 Å². The molecule has 0 heterocycles. The van der Waals surface area contributed by atoms with Crippen molar-refractivity contribution in [3.8, 4) is 0 Å². The predicted octanol–water partition coefficient (Wildman–Crippen LogP) is -0.173. The van der Waals surface area contributed by atoms with Crippen LogP contribution in [-0.2, 0) is 9.63 Å². The summed E-state index contributed by atoms with van der Waals surface area (Å²) in [5.41, 5.74) is 5.14. The molecule has 7 nitrogen and oxygen atoms in total. The highest BCUT2D eigenvalue weighted by Crippen LogP contribution is 1.98. The minimum atomic E-state index is -0.912. The highest BCUT2D eigenvalue weighted by atomic mass is 17.0. The van der Waals surface area contributed by atoms with Crippen LogP contribution >= 0.6 is 0 Å². The quantitative estimate of drug-likeness (QED) is 0.476. The van der Waals surface area contributed by atoms with E-state index in [2.05, 4.69) is 10.2 Å². The Kier molecular flexibility index (Phi) is 4.99. The minimum Gasteiger partial charge on any atom is -0.354 e. The standard InChI is InChI=1S/C8H17N3O4/c1-6(15-11(13)14)4-7(12)10-5-8(2,3)9/h6H,4-5,9H2,1-3H3,(H,10,12). The van der Waals surface area contributed by atoms with Crippen molar-refractivity contribution in [1.82, 2.24) is 5.32 Å². The Labute approximate surface area is 88.1 Å². The number of hydrogen-bond acceptors (Lipinski definition) is 5. The molecule has 0 radical (unpaired) electrons. The largest absolute Gasteiger partial charge is 0.354 e. The molecule has 0 fully saturated rings. The van der Waals surface area contributed by atoms with Gasteiger partial charge in [-0.2, -0.15) is 0 Å². The zero-order valence-electron chi connectivity index (χ0n) is 9.15. The first-order valence-electron chi connectivity index (χ1n) is 4.57. The van der Waals surface area contributed by atoms with Crippen molar-refractivity contribution in [3.05, 3.63) is 10.1 Å². The van der Waals surface area contributed by atoms with Crippen molar-refractivity contribution in [2.75, 3.05) is 6.54 Å². The molecule has 0 aromatic rings. The molecule has 1 atom stereocenters. The van der Waals surface area contributed by atoms with Crippen LogP contribution in [0.4, 0.5) is 0 Å². The molecule has 0 bridgehead atoms. The van der Waals surface area contributed by atoms with Crippen LogP contribution in [0, 0.1) is 10.1 Å². The maximum absolute atomic E-state index is 11.2. The molecule has 0 aliphatic rings. The maximum Gasteiger partial charge on any atom is 0.294 e. The van der Waals surface area contributed by atoms with E-state index in [1.807, 2.05) is 0 Å². The second kappa shape index (κ2) is 5.50. The van der Waals surface area contributed by atoms with Crippen molar-refractivity contribution in [3.63, 3.8) is 0 Å². The average molecular weight is 219 g/mol. The number of carbonyl (C=O) groups is 1. The Hall–Kier alpha value is -1.37. The van der Waals surface area contributed by atoms with Gasteiger partial charge in [0.2, 0.25) is 5.91 Å². The fourth-order valence-corrected chi connectivity index (χ4v) is 0.844. The number of hydrogen-bond donors (Lipinski definition) is 2. The molecule has 0 aromatic carbocycles. The number of nitrogens with one attached hydrogen (secondary N) is 1. The summed E-state index contributed by atoms with van der Waals surface area (Å²) in [6.07, 6.45) is -0.808.